The fraction of sp³-hybridized carbons (Fsp3) is 0.146. The van der Waals surface area contributed by atoms with Gasteiger partial charge in [-0.15, -0.1) is 0 Å². The van der Waals surface area contributed by atoms with Crippen molar-refractivity contribution in [1.29, 1.82) is 0 Å². The maximum atomic E-state index is 6.52. The molecule has 0 unspecified atom stereocenters. The molecular weight excluding hydrogens is 577 g/mol. The molecular formula is C41H34BN3O2. The van der Waals surface area contributed by atoms with Crippen LogP contribution >= 0.6 is 0 Å². The van der Waals surface area contributed by atoms with Crippen molar-refractivity contribution in [2.75, 3.05) is 0 Å². The molecule has 0 N–H and O–H groups in total. The smallest absolute Gasteiger partial charge is 0.399 e. The molecule has 6 heteroatoms. The van der Waals surface area contributed by atoms with E-state index in [1.807, 2.05) is 66.7 Å². The van der Waals surface area contributed by atoms with Crippen molar-refractivity contribution >= 4 is 34.1 Å². The zero-order chi connectivity index (χ0) is 32.2. The van der Waals surface area contributed by atoms with Gasteiger partial charge in [-0.05, 0) is 60.3 Å². The van der Waals surface area contributed by atoms with Crippen molar-refractivity contribution in [1.82, 2.24) is 15.0 Å². The van der Waals surface area contributed by atoms with Crippen molar-refractivity contribution in [2.45, 2.75) is 38.9 Å². The van der Waals surface area contributed by atoms with E-state index in [0.717, 1.165) is 54.8 Å². The van der Waals surface area contributed by atoms with Crippen molar-refractivity contribution in [2.24, 2.45) is 0 Å². The number of fused-ring (bicyclic) bond motifs is 3. The summed E-state index contributed by atoms with van der Waals surface area (Å²) in [5.41, 5.74) is 5.04. The van der Waals surface area contributed by atoms with Crippen LogP contribution in [0.15, 0.2) is 133 Å². The predicted molar refractivity (Wildman–Crippen MR) is 192 cm³/mol. The van der Waals surface area contributed by atoms with E-state index in [0.29, 0.717) is 17.5 Å². The van der Waals surface area contributed by atoms with Crippen LogP contribution in [-0.4, -0.2) is 33.3 Å². The van der Waals surface area contributed by atoms with E-state index in [1.54, 1.807) is 0 Å². The molecule has 47 heavy (non-hydrogen) atoms. The molecule has 0 bridgehead atoms. The van der Waals surface area contributed by atoms with Gasteiger partial charge in [0.1, 0.15) is 0 Å². The lowest BCUT2D eigenvalue weighted by Gasteiger charge is -2.32. The Morgan fingerprint density at radius 3 is 1.43 bits per heavy atom. The monoisotopic (exact) mass is 611 g/mol. The summed E-state index contributed by atoms with van der Waals surface area (Å²) in [6.45, 7) is 8.35. The Kier molecular flexibility index (Phi) is 7.01. The normalized spacial score (nSPS) is 15.4. The van der Waals surface area contributed by atoms with Crippen molar-refractivity contribution < 1.29 is 9.31 Å². The summed E-state index contributed by atoms with van der Waals surface area (Å²) in [7, 11) is -0.491. The molecule has 0 amide bonds. The van der Waals surface area contributed by atoms with Gasteiger partial charge in [-0.3, -0.25) is 0 Å². The number of nitrogens with zero attached hydrogens (tertiary/aromatic N) is 3. The summed E-state index contributed by atoms with van der Waals surface area (Å²) >= 11 is 0. The van der Waals surface area contributed by atoms with Crippen LogP contribution in [0.5, 0.6) is 0 Å². The molecule has 1 aliphatic heterocycles. The molecule has 8 rings (SSSR count). The maximum absolute atomic E-state index is 6.52. The lowest BCUT2D eigenvalue weighted by molar-refractivity contribution is 0.00578. The Bertz CT molecular complexity index is 2180. The third kappa shape index (κ3) is 5.11. The average Bonchev–Trinajstić information content (AvgIpc) is 3.34. The fourth-order valence-electron chi connectivity index (χ4n) is 6.39. The van der Waals surface area contributed by atoms with Crippen LogP contribution in [0.4, 0.5) is 0 Å². The van der Waals surface area contributed by atoms with Gasteiger partial charge in [0.15, 0.2) is 17.5 Å². The summed E-state index contributed by atoms with van der Waals surface area (Å²) < 4.78 is 13.0. The highest BCUT2D eigenvalue weighted by molar-refractivity contribution is 6.62. The molecule has 1 aliphatic rings. The van der Waals surface area contributed by atoms with Crippen LogP contribution in [0.3, 0.4) is 0 Å². The van der Waals surface area contributed by atoms with Gasteiger partial charge in [0, 0.05) is 22.3 Å². The first-order valence-electron chi connectivity index (χ1n) is 16.1. The number of aromatic nitrogens is 3. The van der Waals surface area contributed by atoms with E-state index < -0.39 is 18.3 Å². The van der Waals surface area contributed by atoms with E-state index >= 15 is 0 Å². The van der Waals surface area contributed by atoms with Crippen LogP contribution in [0.25, 0.3) is 66.8 Å². The van der Waals surface area contributed by atoms with Gasteiger partial charge in [0.05, 0.1) is 11.2 Å². The summed E-state index contributed by atoms with van der Waals surface area (Å²) in [6.07, 6.45) is 0. The topological polar surface area (TPSA) is 57.1 Å². The molecule has 0 radical (unpaired) electrons. The van der Waals surface area contributed by atoms with Gasteiger partial charge < -0.3 is 9.31 Å². The number of rotatable bonds is 5. The van der Waals surface area contributed by atoms with Crippen molar-refractivity contribution in [3.05, 3.63) is 133 Å². The van der Waals surface area contributed by atoms with E-state index in [-0.39, 0.29) is 0 Å². The molecule has 0 saturated carbocycles. The quantitative estimate of drug-likeness (QED) is 0.144. The lowest BCUT2D eigenvalue weighted by Crippen LogP contribution is -2.41. The van der Waals surface area contributed by atoms with Crippen LogP contribution in [0.2, 0.25) is 0 Å². The third-order valence-corrected chi connectivity index (χ3v) is 9.56. The van der Waals surface area contributed by atoms with Crippen molar-refractivity contribution in [3.8, 4) is 45.3 Å². The Morgan fingerprint density at radius 2 is 0.872 bits per heavy atom. The molecule has 1 saturated heterocycles. The van der Waals surface area contributed by atoms with Gasteiger partial charge in [0.2, 0.25) is 0 Å². The Hall–Kier alpha value is -5.17. The molecule has 1 fully saturated rings. The third-order valence-electron chi connectivity index (χ3n) is 9.56. The molecule has 0 atom stereocenters. The molecule has 1 aromatic heterocycles. The molecule has 7 aromatic rings. The molecule has 5 nitrogen and oxygen atoms in total. The summed E-state index contributed by atoms with van der Waals surface area (Å²) in [4.78, 5) is 15.4. The molecule has 2 heterocycles. The minimum Gasteiger partial charge on any atom is -0.399 e. The second-order valence-electron chi connectivity index (χ2n) is 13.1. The Balaban J connectivity index is 1.47. The zero-order valence-electron chi connectivity index (χ0n) is 26.9. The van der Waals surface area contributed by atoms with Crippen LogP contribution in [0, 0.1) is 0 Å². The first-order valence-corrected chi connectivity index (χ1v) is 16.1. The summed E-state index contributed by atoms with van der Waals surface area (Å²) in [5.74, 6) is 1.88. The van der Waals surface area contributed by atoms with Gasteiger partial charge in [-0.2, -0.15) is 0 Å². The molecule has 228 valence electrons. The van der Waals surface area contributed by atoms with Gasteiger partial charge in [-0.1, -0.05) is 133 Å². The highest BCUT2D eigenvalue weighted by atomic mass is 16.7. The predicted octanol–water partition coefficient (Wildman–Crippen LogP) is 9.15. The standard InChI is InChI=1S/C41H34BN3O2/c1-40(2)41(3,4)47-42(46-40)30-24-25-32-31-22-14-15-23-33(31)36(35(34(32)26-30)27-16-8-5-9-17-27)39-44-37(28-18-10-6-11-19-28)43-38(45-39)29-20-12-7-13-21-29/h5-26H,1-4H3. The Labute approximate surface area is 275 Å². The van der Waals surface area contributed by atoms with E-state index in [9.17, 15) is 0 Å². The average molecular weight is 612 g/mol. The first kappa shape index (κ1) is 29.3. The number of hydrogen-bond acceptors (Lipinski definition) is 5. The van der Waals surface area contributed by atoms with Crippen LogP contribution in [-0.2, 0) is 9.31 Å². The second-order valence-corrected chi connectivity index (χ2v) is 13.1. The fourth-order valence-corrected chi connectivity index (χ4v) is 6.39. The van der Waals surface area contributed by atoms with Gasteiger partial charge in [0.25, 0.3) is 0 Å². The maximum Gasteiger partial charge on any atom is 0.494 e. The van der Waals surface area contributed by atoms with Crippen LogP contribution in [0.1, 0.15) is 27.7 Å². The minimum absolute atomic E-state index is 0.448. The summed E-state index contributed by atoms with van der Waals surface area (Å²) in [5, 5.41) is 4.43. The summed E-state index contributed by atoms with van der Waals surface area (Å²) in [6, 6.07) is 45.9. The van der Waals surface area contributed by atoms with E-state index in [1.165, 1.54) is 0 Å². The van der Waals surface area contributed by atoms with Crippen molar-refractivity contribution in [3.63, 3.8) is 0 Å². The Morgan fingerprint density at radius 1 is 0.426 bits per heavy atom. The molecule has 0 aliphatic carbocycles. The molecule has 0 spiro atoms. The van der Waals surface area contributed by atoms with Crippen LogP contribution < -0.4 is 5.46 Å². The highest BCUT2D eigenvalue weighted by Crippen LogP contribution is 2.44. The number of benzene rings is 6. The highest BCUT2D eigenvalue weighted by Gasteiger charge is 2.51. The molecule has 6 aromatic carbocycles. The largest absolute Gasteiger partial charge is 0.494 e. The zero-order valence-corrected chi connectivity index (χ0v) is 26.9. The SMILES string of the molecule is CC1(C)OB(c2ccc3c(c2)c(-c2ccccc2)c(-c2nc(-c4ccccc4)nc(-c4ccccc4)n2)c2ccccc23)OC1(C)C. The van der Waals surface area contributed by atoms with E-state index in [4.69, 9.17) is 24.3 Å². The number of hydrogen-bond donors (Lipinski definition) is 0. The van der Waals surface area contributed by atoms with Gasteiger partial charge >= 0.3 is 7.12 Å². The van der Waals surface area contributed by atoms with Gasteiger partial charge in [-0.25, -0.2) is 15.0 Å². The first-order chi connectivity index (χ1) is 22.8. The lowest BCUT2D eigenvalue weighted by atomic mass is 9.76. The second kappa shape index (κ2) is 11.3. The minimum atomic E-state index is -0.491. The van der Waals surface area contributed by atoms with E-state index in [2.05, 4.69) is 94.4 Å².